The lowest BCUT2D eigenvalue weighted by atomic mass is 10.1. The van der Waals surface area contributed by atoms with Gasteiger partial charge < -0.3 is 5.32 Å². The first-order chi connectivity index (χ1) is 9.13. The van der Waals surface area contributed by atoms with Crippen molar-refractivity contribution in [3.63, 3.8) is 0 Å². The molecule has 102 valence electrons. The summed E-state index contributed by atoms with van der Waals surface area (Å²) in [6, 6.07) is 5.30. The van der Waals surface area contributed by atoms with Gasteiger partial charge in [0.15, 0.2) is 0 Å². The van der Waals surface area contributed by atoms with Gasteiger partial charge >= 0.3 is 0 Å². The van der Waals surface area contributed by atoms with E-state index >= 15 is 0 Å². The summed E-state index contributed by atoms with van der Waals surface area (Å²) in [4.78, 5) is 12.1. The van der Waals surface area contributed by atoms with Crippen LogP contribution in [-0.4, -0.2) is 18.0 Å². The van der Waals surface area contributed by atoms with E-state index in [1.54, 1.807) is 18.2 Å². The topological polar surface area (TPSA) is 53.2 Å². The van der Waals surface area contributed by atoms with Gasteiger partial charge in [0.05, 0.1) is 10.0 Å². The number of carbonyl (C=O) groups is 1. The van der Waals surface area contributed by atoms with Gasteiger partial charge in [0, 0.05) is 11.7 Å². The molecule has 1 aliphatic carbocycles. The molecule has 1 aliphatic heterocycles. The number of benzene rings is 1. The molecule has 0 spiro atoms. The predicted octanol–water partition coefficient (Wildman–Crippen LogP) is 2.58. The number of halogens is 2. The van der Waals surface area contributed by atoms with Crippen molar-refractivity contribution in [1.82, 2.24) is 10.9 Å². The summed E-state index contributed by atoms with van der Waals surface area (Å²) >= 11 is 11.8. The van der Waals surface area contributed by atoms with E-state index in [4.69, 9.17) is 23.2 Å². The van der Waals surface area contributed by atoms with Crippen molar-refractivity contribution < 1.29 is 4.79 Å². The van der Waals surface area contributed by atoms with Crippen LogP contribution in [0.15, 0.2) is 18.2 Å². The van der Waals surface area contributed by atoms with E-state index < -0.39 is 0 Å². The Morgan fingerprint density at radius 2 is 2.00 bits per heavy atom. The SMILES string of the molecule is O=C(Nc1ccc(Cl)c(Cl)c1)C1CC(C2CC2)NN1. The Labute approximate surface area is 121 Å². The molecule has 6 heteroatoms. The minimum Gasteiger partial charge on any atom is -0.325 e. The molecule has 0 bridgehead atoms. The Bertz CT molecular complexity index is 505. The first-order valence-corrected chi connectivity index (χ1v) is 7.16. The van der Waals surface area contributed by atoms with Crippen molar-refractivity contribution in [2.75, 3.05) is 5.32 Å². The maximum Gasteiger partial charge on any atom is 0.242 e. The molecular formula is C13H15Cl2N3O. The Kier molecular flexibility index (Phi) is 3.67. The molecular weight excluding hydrogens is 285 g/mol. The van der Waals surface area contributed by atoms with E-state index in [1.165, 1.54) is 12.8 Å². The zero-order valence-corrected chi connectivity index (χ0v) is 11.8. The first-order valence-electron chi connectivity index (χ1n) is 6.40. The van der Waals surface area contributed by atoms with E-state index in [9.17, 15) is 4.79 Å². The zero-order chi connectivity index (χ0) is 13.4. The van der Waals surface area contributed by atoms with E-state index in [1.807, 2.05) is 0 Å². The molecule has 19 heavy (non-hydrogen) atoms. The lowest BCUT2D eigenvalue weighted by Gasteiger charge is -2.11. The third-order valence-electron chi connectivity index (χ3n) is 3.63. The Balaban J connectivity index is 1.60. The average molecular weight is 300 g/mol. The van der Waals surface area contributed by atoms with Crippen LogP contribution < -0.4 is 16.2 Å². The van der Waals surface area contributed by atoms with Gasteiger partial charge in [-0.15, -0.1) is 0 Å². The van der Waals surface area contributed by atoms with Gasteiger partial charge in [-0.05, 0) is 43.4 Å². The molecule has 1 saturated carbocycles. The molecule has 1 aromatic rings. The average Bonchev–Trinajstić information content (AvgIpc) is 3.11. The van der Waals surface area contributed by atoms with Crippen LogP contribution in [-0.2, 0) is 4.79 Å². The van der Waals surface area contributed by atoms with Crippen molar-refractivity contribution in [1.29, 1.82) is 0 Å². The molecule has 1 saturated heterocycles. The number of nitrogens with one attached hydrogen (secondary N) is 3. The number of hydrogen-bond donors (Lipinski definition) is 3. The summed E-state index contributed by atoms with van der Waals surface area (Å²) in [5.74, 6) is 0.685. The lowest BCUT2D eigenvalue weighted by molar-refractivity contribution is -0.117. The van der Waals surface area contributed by atoms with Gasteiger partial charge in [0.25, 0.3) is 0 Å². The molecule has 4 nitrogen and oxygen atoms in total. The highest BCUT2D eigenvalue weighted by molar-refractivity contribution is 6.42. The summed E-state index contributed by atoms with van der Waals surface area (Å²) in [6.07, 6.45) is 3.36. The molecule has 2 fully saturated rings. The Morgan fingerprint density at radius 1 is 1.21 bits per heavy atom. The fraction of sp³-hybridized carbons (Fsp3) is 0.462. The lowest BCUT2D eigenvalue weighted by Crippen LogP contribution is -2.40. The second-order valence-electron chi connectivity index (χ2n) is 5.14. The van der Waals surface area contributed by atoms with Crippen LogP contribution >= 0.6 is 23.2 Å². The third-order valence-corrected chi connectivity index (χ3v) is 4.37. The van der Waals surface area contributed by atoms with Gasteiger partial charge in [-0.3, -0.25) is 10.2 Å². The highest BCUT2D eigenvalue weighted by atomic mass is 35.5. The number of carbonyl (C=O) groups excluding carboxylic acids is 1. The fourth-order valence-corrected chi connectivity index (χ4v) is 2.66. The molecule has 1 aromatic carbocycles. The maximum atomic E-state index is 12.1. The highest BCUT2D eigenvalue weighted by Crippen LogP contribution is 2.35. The highest BCUT2D eigenvalue weighted by Gasteiger charge is 2.38. The van der Waals surface area contributed by atoms with Crippen molar-refractivity contribution in [2.45, 2.75) is 31.3 Å². The van der Waals surface area contributed by atoms with E-state index in [0.29, 0.717) is 21.8 Å². The van der Waals surface area contributed by atoms with Crippen LogP contribution in [0.25, 0.3) is 0 Å². The molecule has 1 heterocycles. The first kappa shape index (κ1) is 13.2. The summed E-state index contributed by atoms with van der Waals surface area (Å²) in [6.45, 7) is 0. The molecule has 1 amide bonds. The van der Waals surface area contributed by atoms with Crippen LogP contribution in [0.4, 0.5) is 5.69 Å². The normalized spacial score (nSPS) is 26.4. The monoisotopic (exact) mass is 299 g/mol. The quantitative estimate of drug-likeness (QED) is 0.804. The minimum atomic E-state index is -0.194. The van der Waals surface area contributed by atoms with E-state index in [2.05, 4.69) is 16.2 Å². The minimum absolute atomic E-state index is 0.0472. The number of amides is 1. The standard InChI is InChI=1S/C13H15Cl2N3O/c14-9-4-3-8(5-10(9)15)16-13(19)12-6-11(17-18-12)7-1-2-7/h3-5,7,11-12,17-18H,1-2,6H2,(H,16,19). The molecule has 3 rings (SSSR count). The largest absolute Gasteiger partial charge is 0.325 e. The Hall–Kier alpha value is -0.810. The molecule has 2 aliphatic rings. The van der Waals surface area contributed by atoms with Crippen LogP contribution in [0.5, 0.6) is 0 Å². The van der Waals surface area contributed by atoms with Gasteiger partial charge in [-0.2, -0.15) is 0 Å². The van der Waals surface area contributed by atoms with Crippen LogP contribution in [0, 0.1) is 5.92 Å². The molecule has 3 N–H and O–H groups in total. The summed E-state index contributed by atoms with van der Waals surface area (Å²) < 4.78 is 0. The molecule has 2 unspecified atom stereocenters. The van der Waals surface area contributed by atoms with Crippen LogP contribution in [0.3, 0.4) is 0 Å². The van der Waals surface area contributed by atoms with Crippen LogP contribution in [0.1, 0.15) is 19.3 Å². The second-order valence-corrected chi connectivity index (χ2v) is 5.95. The third kappa shape index (κ3) is 3.03. The Morgan fingerprint density at radius 3 is 2.68 bits per heavy atom. The van der Waals surface area contributed by atoms with Gasteiger partial charge in [0.1, 0.15) is 6.04 Å². The summed E-state index contributed by atoms with van der Waals surface area (Å²) in [5.41, 5.74) is 6.91. The summed E-state index contributed by atoms with van der Waals surface area (Å²) in [5, 5.41) is 3.77. The fourth-order valence-electron chi connectivity index (χ4n) is 2.36. The second kappa shape index (κ2) is 5.29. The predicted molar refractivity (Wildman–Crippen MR) is 76.3 cm³/mol. The van der Waals surface area contributed by atoms with E-state index in [-0.39, 0.29) is 11.9 Å². The van der Waals surface area contributed by atoms with Crippen LogP contribution in [0.2, 0.25) is 10.0 Å². The number of hydrogen-bond acceptors (Lipinski definition) is 3. The smallest absolute Gasteiger partial charge is 0.242 e. The van der Waals surface area contributed by atoms with Gasteiger partial charge in [-0.1, -0.05) is 23.2 Å². The van der Waals surface area contributed by atoms with Gasteiger partial charge in [-0.25, -0.2) is 5.43 Å². The zero-order valence-electron chi connectivity index (χ0n) is 10.2. The number of anilines is 1. The van der Waals surface area contributed by atoms with Crippen molar-refractivity contribution >= 4 is 34.8 Å². The molecule has 0 aromatic heterocycles. The van der Waals surface area contributed by atoms with E-state index in [0.717, 1.165) is 12.3 Å². The number of hydrazine groups is 1. The molecule has 2 atom stereocenters. The maximum absolute atomic E-state index is 12.1. The van der Waals surface area contributed by atoms with Crippen molar-refractivity contribution in [3.05, 3.63) is 28.2 Å². The van der Waals surface area contributed by atoms with Crippen molar-refractivity contribution in [3.8, 4) is 0 Å². The molecule has 0 radical (unpaired) electrons. The number of rotatable bonds is 3. The summed E-state index contributed by atoms with van der Waals surface area (Å²) in [7, 11) is 0. The van der Waals surface area contributed by atoms with Crippen molar-refractivity contribution in [2.24, 2.45) is 5.92 Å². The van der Waals surface area contributed by atoms with Gasteiger partial charge in [0.2, 0.25) is 5.91 Å².